The fourth-order valence-corrected chi connectivity index (χ4v) is 4.53. The molecule has 2 N–H and O–H groups in total. The highest BCUT2D eigenvalue weighted by atomic mass is 16.6. The Balaban J connectivity index is 1.51. The molecular formula is C29H35N5O4. The van der Waals surface area contributed by atoms with E-state index in [1.54, 1.807) is 24.3 Å². The summed E-state index contributed by atoms with van der Waals surface area (Å²) in [6.45, 7) is 11.2. The molecule has 0 saturated carbocycles. The molecule has 1 heterocycles. The van der Waals surface area contributed by atoms with Crippen molar-refractivity contribution in [2.45, 2.75) is 27.3 Å². The number of hydrogen-bond donors (Lipinski definition) is 2. The number of nitrogens with one attached hydrogen (secondary N) is 2. The number of nitro benzene ring substituents is 1. The molecule has 0 aliphatic carbocycles. The maximum absolute atomic E-state index is 13.0. The number of benzene rings is 3. The number of carbonyl (C=O) groups is 1. The number of para-hydroxylation sites is 1. The number of rotatable bonds is 10. The molecule has 9 nitrogen and oxygen atoms in total. The third kappa shape index (κ3) is 6.48. The van der Waals surface area contributed by atoms with Crippen LogP contribution in [-0.4, -0.2) is 55.1 Å². The van der Waals surface area contributed by atoms with Gasteiger partial charge in [-0.3, -0.25) is 19.8 Å². The first-order valence-electron chi connectivity index (χ1n) is 13.0. The highest BCUT2D eigenvalue weighted by Crippen LogP contribution is 2.38. The van der Waals surface area contributed by atoms with Crippen LogP contribution in [-0.2, 0) is 11.3 Å². The standard InChI is InChI=1S/C29H35N5O4/c1-4-32(5-2)20-22-10-12-23(13-11-22)29(35)31-26-19-24(14-9-21(26)3)30-25-7-6-8-27(28(25)34(36)37)33-15-17-38-18-16-33/h6-14,19,30H,4-5,15-18,20H2,1-3H3,(H,31,35). The van der Waals surface area contributed by atoms with Crippen molar-refractivity contribution in [3.63, 3.8) is 0 Å². The fourth-order valence-electron chi connectivity index (χ4n) is 4.53. The molecule has 4 rings (SSSR count). The molecule has 3 aromatic rings. The van der Waals surface area contributed by atoms with Crippen molar-refractivity contribution in [1.82, 2.24) is 4.90 Å². The number of nitrogens with zero attached hydrogens (tertiary/aromatic N) is 3. The second-order valence-corrected chi connectivity index (χ2v) is 9.30. The number of hydrogen-bond acceptors (Lipinski definition) is 7. The average Bonchev–Trinajstić information content (AvgIpc) is 2.94. The second kappa shape index (κ2) is 12.5. The molecule has 1 aliphatic heterocycles. The van der Waals surface area contributed by atoms with E-state index in [0.29, 0.717) is 54.6 Å². The molecule has 200 valence electrons. The maximum Gasteiger partial charge on any atom is 0.315 e. The van der Waals surface area contributed by atoms with Crippen LogP contribution in [0.4, 0.5) is 28.4 Å². The van der Waals surface area contributed by atoms with Crippen molar-refractivity contribution < 1.29 is 14.5 Å². The number of morpholine rings is 1. The van der Waals surface area contributed by atoms with Gasteiger partial charge in [0.15, 0.2) is 0 Å². The highest BCUT2D eigenvalue weighted by Gasteiger charge is 2.25. The van der Waals surface area contributed by atoms with Crippen LogP contribution >= 0.6 is 0 Å². The van der Waals surface area contributed by atoms with Crippen molar-refractivity contribution in [2.24, 2.45) is 0 Å². The van der Waals surface area contributed by atoms with Crippen molar-refractivity contribution >= 4 is 34.3 Å². The van der Waals surface area contributed by atoms with Crippen molar-refractivity contribution in [3.05, 3.63) is 87.5 Å². The van der Waals surface area contributed by atoms with Gasteiger partial charge < -0.3 is 20.3 Å². The van der Waals surface area contributed by atoms with Gasteiger partial charge in [0, 0.05) is 36.6 Å². The minimum Gasteiger partial charge on any atom is -0.378 e. The summed E-state index contributed by atoms with van der Waals surface area (Å²) in [6.07, 6.45) is 0. The molecule has 0 spiro atoms. The van der Waals surface area contributed by atoms with Gasteiger partial charge in [-0.25, -0.2) is 0 Å². The summed E-state index contributed by atoms with van der Waals surface area (Å²) in [5.41, 5.74) is 4.87. The van der Waals surface area contributed by atoms with Crippen molar-refractivity contribution in [1.29, 1.82) is 0 Å². The molecule has 1 fully saturated rings. The lowest BCUT2D eigenvalue weighted by Gasteiger charge is -2.28. The van der Waals surface area contributed by atoms with Crippen LogP contribution in [0.15, 0.2) is 60.7 Å². The summed E-state index contributed by atoms with van der Waals surface area (Å²) in [4.78, 5) is 29.0. The molecule has 0 aromatic heterocycles. The van der Waals surface area contributed by atoms with Gasteiger partial charge in [-0.15, -0.1) is 0 Å². The van der Waals surface area contributed by atoms with Gasteiger partial charge in [0.2, 0.25) is 0 Å². The number of amides is 1. The third-order valence-corrected chi connectivity index (χ3v) is 6.83. The first kappa shape index (κ1) is 27.1. The van der Waals surface area contributed by atoms with E-state index < -0.39 is 0 Å². The lowest BCUT2D eigenvalue weighted by atomic mass is 10.1. The Bertz CT molecular complexity index is 1270. The van der Waals surface area contributed by atoms with Gasteiger partial charge in [-0.05, 0) is 67.5 Å². The highest BCUT2D eigenvalue weighted by molar-refractivity contribution is 6.05. The van der Waals surface area contributed by atoms with Gasteiger partial charge >= 0.3 is 5.69 Å². The Kier molecular flexibility index (Phi) is 8.93. The zero-order valence-corrected chi connectivity index (χ0v) is 22.2. The van der Waals surface area contributed by atoms with Crippen molar-refractivity contribution in [3.8, 4) is 0 Å². The second-order valence-electron chi connectivity index (χ2n) is 9.30. The van der Waals surface area contributed by atoms with E-state index in [2.05, 4.69) is 29.4 Å². The zero-order chi connectivity index (χ0) is 27.1. The molecule has 38 heavy (non-hydrogen) atoms. The number of aryl methyl sites for hydroxylation is 1. The Morgan fingerprint density at radius 3 is 2.39 bits per heavy atom. The summed E-state index contributed by atoms with van der Waals surface area (Å²) >= 11 is 0. The number of ether oxygens (including phenoxy) is 1. The van der Waals surface area contributed by atoms with Crippen LogP contribution in [0, 0.1) is 17.0 Å². The van der Waals surface area contributed by atoms with Crippen molar-refractivity contribution in [2.75, 3.05) is 54.9 Å². The first-order chi connectivity index (χ1) is 18.4. The lowest BCUT2D eigenvalue weighted by Crippen LogP contribution is -2.36. The van der Waals surface area contributed by atoms with E-state index in [1.165, 1.54) is 0 Å². The summed E-state index contributed by atoms with van der Waals surface area (Å²) in [7, 11) is 0. The Morgan fingerprint density at radius 1 is 1.03 bits per heavy atom. The van der Waals surface area contributed by atoms with E-state index in [-0.39, 0.29) is 16.5 Å². The minimum absolute atomic E-state index is 0.0189. The SMILES string of the molecule is CCN(CC)Cc1ccc(C(=O)Nc2cc(Nc3cccc(N4CCOCC4)c3[N+](=O)[O-])ccc2C)cc1. The molecule has 1 amide bonds. The van der Waals surface area contributed by atoms with E-state index in [9.17, 15) is 14.9 Å². The molecule has 1 aliphatic rings. The van der Waals surface area contributed by atoms with Crippen LogP contribution in [0.2, 0.25) is 0 Å². The predicted molar refractivity (Wildman–Crippen MR) is 152 cm³/mol. The maximum atomic E-state index is 13.0. The van der Waals surface area contributed by atoms with Crippen LogP contribution in [0.3, 0.4) is 0 Å². The van der Waals surface area contributed by atoms with Crippen LogP contribution in [0.1, 0.15) is 35.3 Å². The van der Waals surface area contributed by atoms with Gasteiger partial charge in [0.05, 0.1) is 18.1 Å². The number of anilines is 4. The third-order valence-electron chi connectivity index (χ3n) is 6.83. The molecule has 3 aromatic carbocycles. The number of nitro groups is 1. The largest absolute Gasteiger partial charge is 0.378 e. The molecule has 1 saturated heterocycles. The van der Waals surface area contributed by atoms with E-state index in [0.717, 1.165) is 30.8 Å². The molecule has 9 heteroatoms. The minimum atomic E-state index is -0.353. The van der Waals surface area contributed by atoms with E-state index >= 15 is 0 Å². The number of carbonyl (C=O) groups excluding carboxylic acids is 1. The summed E-state index contributed by atoms with van der Waals surface area (Å²) in [6, 6.07) is 18.4. The van der Waals surface area contributed by atoms with Crippen LogP contribution in [0.25, 0.3) is 0 Å². The van der Waals surface area contributed by atoms with Gasteiger partial charge in [-0.1, -0.05) is 38.1 Å². The molecule has 0 atom stereocenters. The first-order valence-corrected chi connectivity index (χ1v) is 13.0. The monoisotopic (exact) mass is 517 g/mol. The predicted octanol–water partition coefficient (Wildman–Crippen LogP) is 5.58. The topological polar surface area (TPSA) is 100.0 Å². The van der Waals surface area contributed by atoms with E-state index in [1.807, 2.05) is 48.2 Å². The van der Waals surface area contributed by atoms with Crippen LogP contribution < -0.4 is 15.5 Å². The zero-order valence-electron chi connectivity index (χ0n) is 22.2. The van der Waals surface area contributed by atoms with E-state index in [4.69, 9.17) is 4.74 Å². The fraction of sp³-hybridized carbons (Fsp3) is 0.345. The molecule has 0 bridgehead atoms. The molecular weight excluding hydrogens is 482 g/mol. The van der Waals surface area contributed by atoms with Gasteiger partial charge in [0.25, 0.3) is 5.91 Å². The van der Waals surface area contributed by atoms with Crippen LogP contribution in [0.5, 0.6) is 0 Å². The lowest BCUT2D eigenvalue weighted by molar-refractivity contribution is -0.383. The smallest absolute Gasteiger partial charge is 0.315 e. The summed E-state index contributed by atoms with van der Waals surface area (Å²) in [5, 5.41) is 18.2. The summed E-state index contributed by atoms with van der Waals surface area (Å²) in [5.74, 6) is -0.208. The Hall–Kier alpha value is -3.95. The van der Waals surface area contributed by atoms with Gasteiger partial charge in [-0.2, -0.15) is 0 Å². The molecule has 0 unspecified atom stereocenters. The average molecular weight is 518 g/mol. The molecule has 0 radical (unpaired) electrons. The Morgan fingerprint density at radius 2 is 1.74 bits per heavy atom. The quantitative estimate of drug-likeness (QED) is 0.268. The Labute approximate surface area is 223 Å². The van der Waals surface area contributed by atoms with Gasteiger partial charge in [0.1, 0.15) is 11.4 Å². The normalized spacial score (nSPS) is 13.4. The summed E-state index contributed by atoms with van der Waals surface area (Å²) < 4.78 is 5.40.